The highest BCUT2D eigenvalue weighted by Crippen LogP contribution is 2.35. The van der Waals surface area contributed by atoms with Gasteiger partial charge in [-0.05, 0) is 36.0 Å². The second kappa shape index (κ2) is 7.44. The van der Waals surface area contributed by atoms with Crippen molar-refractivity contribution in [2.75, 3.05) is 12.0 Å². The Morgan fingerprint density at radius 3 is 2.95 bits per heavy atom. The quantitative estimate of drug-likeness (QED) is 0.571. The van der Waals surface area contributed by atoms with Gasteiger partial charge in [0.2, 0.25) is 0 Å². The highest BCUT2D eigenvalue weighted by molar-refractivity contribution is 8.26. The summed E-state index contributed by atoms with van der Waals surface area (Å²) in [5, 5.41) is 13.2. The molecule has 21 heavy (non-hydrogen) atoms. The molecule has 8 heteroatoms. The maximum atomic E-state index is 12.4. The Morgan fingerprint density at radius 2 is 2.38 bits per heavy atom. The van der Waals surface area contributed by atoms with E-state index >= 15 is 0 Å². The number of carboxylic acids is 1. The molecule has 1 aromatic rings. The van der Waals surface area contributed by atoms with Crippen LogP contribution in [0.15, 0.2) is 22.4 Å². The van der Waals surface area contributed by atoms with Crippen LogP contribution in [-0.4, -0.2) is 39.1 Å². The minimum Gasteiger partial charge on any atom is -0.548 e. The van der Waals surface area contributed by atoms with Crippen molar-refractivity contribution in [1.29, 1.82) is 0 Å². The standard InChI is InChI=1S/C13H13NO3S4/c1-19-6-4-9(12(16)17)14-11(15)10(21-13(14)18)7-8-3-2-5-20-8/h2-3,5,7,9H,4,6H2,1H3,(H,16,17)/p-1/b10-7+/t9-/m1/s1. The van der Waals surface area contributed by atoms with Crippen molar-refractivity contribution in [3.8, 4) is 0 Å². The van der Waals surface area contributed by atoms with E-state index in [0.717, 1.165) is 16.6 Å². The van der Waals surface area contributed by atoms with Crippen molar-refractivity contribution in [3.63, 3.8) is 0 Å². The number of hydrogen-bond donors (Lipinski definition) is 0. The SMILES string of the molecule is CSCC[C@H](C(=O)[O-])N1C(=O)/C(=C\c2cccs2)SC1=S. The Hall–Kier alpha value is -0.830. The van der Waals surface area contributed by atoms with Gasteiger partial charge in [0.1, 0.15) is 4.32 Å². The Labute approximate surface area is 140 Å². The van der Waals surface area contributed by atoms with Crippen molar-refractivity contribution < 1.29 is 14.7 Å². The van der Waals surface area contributed by atoms with E-state index in [1.807, 2.05) is 23.8 Å². The highest BCUT2D eigenvalue weighted by atomic mass is 32.2. The van der Waals surface area contributed by atoms with E-state index in [2.05, 4.69) is 0 Å². The molecule has 1 fully saturated rings. The normalized spacial score (nSPS) is 18.5. The average Bonchev–Trinajstić information content (AvgIpc) is 3.02. The number of thioether (sulfide) groups is 2. The number of thiocarbonyl (C=S) groups is 1. The van der Waals surface area contributed by atoms with Crippen LogP contribution in [0.1, 0.15) is 11.3 Å². The van der Waals surface area contributed by atoms with Gasteiger partial charge in [-0.1, -0.05) is 30.0 Å². The zero-order valence-electron chi connectivity index (χ0n) is 11.1. The topological polar surface area (TPSA) is 60.4 Å². The van der Waals surface area contributed by atoms with Gasteiger partial charge in [0.15, 0.2) is 0 Å². The molecule has 1 atom stereocenters. The summed E-state index contributed by atoms with van der Waals surface area (Å²) in [5.74, 6) is -0.994. The predicted octanol–water partition coefficient (Wildman–Crippen LogP) is 1.82. The summed E-state index contributed by atoms with van der Waals surface area (Å²) >= 11 is 9.33. The smallest absolute Gasteiger partial charge is 0.266 e. The van der Waals surface area contributed by atoms with E-state index in [-0.39, 0.29) is 10.2 Å². The molecule has 0 radical (unpaired) electrons. The van der Waals surface area contributed by atoms with Crippen LogP contribution in [0.25, 0.3) is 6.08 Å². The van der Waals surface area contributed by atoms with E-state index in [0.29, 0.717) is 17.1 Å². The lowest BCUT2D eigenvalue weighted by Crippen LogP contribution is -2.50. The number of nitrogens with zero attached hydrogens (tertiary/aromatic N) is 1. The molecular formula is C13H12NO3S4-. The van der Waals surface area contributed by atoms with Gasteiger partial charge in [0.05, 0.1) is 16.9 Å². The molecule has 2 heterocycles. The molecule has 0 bridgehead atoms. The minimum atomic E-state index is -1.27. The van der Waals surface area contributed by atoms with Gasteiger partial charge >= 0.3 is 0 Å². The minimum absolute atomic E-state index is 0.276. The first-order valence-corrected chi connectivity index (χ1v) is 9.54. The summed E-state index contributed by atoms with van der Waals surface area (Å²) in [6.45, 7) is 0. The number of hydrogen-bond acceptors (Lipinski definition) is 7. The summed E-state index contributed by atoms with van der Waals surface area (Å²) < 4.78 is 0.276. The molecular weight excluding hydrogens is 346 g/mol. The number of thiophene rings is 1. The maximum Gasteiger partial charge on any atom is 0.266 e. The highest BCUT2D eigenvalue weighted by Gasteiger charge is 2.37. The number of rotatable bonds is 6. The molecule has 1 aromatic heterocycles. The summed E-state index contributed by atoms with van der Waals surface area (Å²) in [6, 6.07) is 2.78. The third kappa shape index (κ3) is 3.88. The second-order valence-corrected chi connectivity index (χ2v) is 7.82. The van der Waals surface area contributed by atoms with Gasteiger partial charge in [0.25, 0.3) is 5.91 Å². The number of aliphatic carboxylic acids is 1. The van der Waals surface area contributed by atoms with Gasteiger partial charge < -0.3 is 9.90 Å². The van der Waals surface area contributed by atoms with Gasteiger partial charge in [0, 0.05) is 4.88 Å². The molecule has 0 unspecified atom stereocenters. The molecule has 2 rings (SSSR count). The number of carbonyl (C=O) groups is 2. The van der Waals surface area contributed by atoms with Gasteiger partial charge in [-0.25, -0.2) is 0 Å². The van der Waals surface area contributed by atoms with Crippen molar-refractivity contribution in [3.05, 3.63) is 27.3 Å². The van der Waals surface area contributed by atoms with Crippen molar-refractivity contribution in [1.82, 2.24) is 4.90 Å². The van der Waals surface area contributed by atoms with Crippen LogP contribution in [0, 0.1) is 0 Å². The lowest BCUT2D eigenvalue weighted by atomic mass is 10.2. The van der Waals surface area contributed by atoms with E-state index in [9.17, 15) is 14.7 Å². The molecule has 4 nitrogen and oxygen atoms in total. The molecule has 0 aliphatic carbocycles. The third-order valence-corrected chi connectivity index (χ3v) is 5.61. The van der Waals surface area contributed by atoms with E-state index in [1.165, 1.54) is 28.0 Å². The predicted molar refractivity (Wildman–Crippen MR) is 91.1 cm³/mol. The lowest BCUT2D eigenvalue weighted by molar-refractivity contribution is -0.310. The summed E-state index contributed by atoms with van der Waals surface area (Å²) in [5.41, 5.74) is 0. The van der Waals surface area contributed by atoms with Crippen LogP contribution < -0.4 is 5.11 Å². The zero-order chi connectivity index (χ0) is 15.4. The number of carboxylic acid groups (broad SMARTS) is 1. The first-order valence-electron chi connectivity index (χ1n) is 6.05. The van der Waals surface area contributed by atoms with Crippen molar-refractivity contribution in [2.24, 2.45) is 0 Å². The largest absolute Gasteiger partial charge is 0.548 e. The molecule has 0 spiro atoms. The molecule has 0 aromatic carbocycles. The zero-order valence-corrected chi connectivity index (χ0v) is 14.4. The second-order valence-electron chi connectivity index (χ2n) is 4.18. The molecule has 1 aliphatic rings. The molecule has 0 saturated carbocycles. The summed E-state index contributed by atoms with van der Waals surface area (Å²) in [4.78, 5) is 26.3. The molecule has 1 aliphatic heterocycles. The van der Waals surface area contributed by atoms with E-state index in [4.69, 9.17) is 12.2 Å². The van der Waals surface area contributed by atoms with Crippen molar-refractivity contribution >= 4 is 69.4 Å². The first-order chi connectivity index (χ1) is 10.0. The van der Waals surface area contributed by atoms with E-state index in [1.54, 1.807) is 6.08 Å². The van der Waals surface area contributed by atoms with E-state index < -0.39 is 12.0 Å². The summed E-state index contributed by atoms with van der Waals surface area (Å²) in [7, 11) is 0. The first kappa shape index (κ1) is 16.5. The fourth-order valence-electron chi connectivity index (χ4n) is 1.83. The lowest BCUT2D eigenvalue weighted by Gasteiger charge is -2.27. The van der Waals surface area contributed by atoms with Gasteiger partial charge in [-0.2, -0.15) is 11.8 Å². The Morgan fingerprint density at radius 1 is 1.62 bits per heavy atom. The molecule has 1 saturated heterocycles. The van der Waals surface area contributed by atoms with Gasteiger partial charge in [-0.3, -0.25) is 9.69 Å². The van der Waals surface area contributed by atoms with Crippen LogP contribution >= 0.6 is 47.1 Å². The van der Waals surface area contributed by atoms with Crippen LogP contribution in [-0.2, 0) is 9.59 Å². The van der Waals surface area contributed by atoms with Gasteiger partial charge in [-0.15, -0.1) is 11.3 Å². The molecule has 1 amide bonds. The monoisotopic (exact) mass is 358 g/mol. The molecule has 112 valence electrons. The van der Waals surface area contributed by atoms with Crippen LogP contribution in [0.4, 0.5) is 0 Å². The fourth-order valence-corrected chi connectivity index (χ4v) is 4.37. The van der Waals surface area contributed by atoms with Crippen LogP contribution in [0.2, 0.25) is 0 Å². The fraction of sp³-hybridized carbons (Fsp3) is 0.308. The Bertz CT molecular complexity index is 582. The number of carbonyl (C=O) groups excluding carboxylic acids is 2. The van der Waals surface area contributed by atoms with Crippen molar-refractivity contribution in [2.45, 2.75) is 12.5 Å². The Balaban J connectivity index is 2.22. The van der Waals surface area contributed by atoms with Crippen LogP contribution in [0.3, 0.4) is 0 Å². The number of amides is 1. The van der Waals surface area contributed by atoms with Crippen LogP contribution in [0.5, 0.6) is 0 Å². The third-order valence-electron chi connectivity index (χ3n) is 2.82. The molecule has 0 N–H and O–H groups in total. The average molecular weight is 359 g/mol. The maximum absolute atomic E-state index is 12.4. The Kier molecular flexibility index (Phi) is 5.86. The summed E-state index contributed by atoms with van der Waals surface area (Å²) in [6.07, 6.45) is 3.94.